The molecule has 0 bridgehead atoms. The summed E-state index contributed by atoms with van der Waals surface area (Å²) in [6, 6.07) is 0. The Bertz CT molecular complexity index is 268. The van der Waals surface area contributed by atoms with Gasteiger partial charge in [0.25, 0.3) is 0 Å². The van der Waals surface area contributed by atoms with Gasteiger partial charge in [-0.2, -0.15) is 13.2 Å². The van der Waals surface area contributed by atoms with E-state index in [1.54, 1.807) is 0 Å². The molecule has 0 heterocycles. The van der Waals surface area contributed by atoms with Gasteiger partial charge in [-0.3, -0.25) is 4.90 Å². The predicted octanol–water partition coefficient (Wildman–Crippen LogP) is 3.56. The molecule has 2 unspecified atom stereocenters. The van der Waals surface area contributed by atoms with Crippen LogP contribution in [0.3, 0.4) is 0 Å². The molecular weight excluding hydrogens is 253 g/mol. The van der Waals surface area contributed by atoms with Crippen molar-refractivity contribution >= 4 is 0 Å². The van der Waals surface area contributed by atoms with Gasteiger partial charge in [-0.1, -0.05) is 26.7 Å². The van der Waals surface area contributed by atoms with Gasteiger partial charge in [-0.25, -0.2) is 0 Å². The molecule has 1 fully saturated rings. The summed E-state index contributed by atoms with van der Waals surface area (Å²) in [6.45, 7) is 5.45. The van der Waals surface area contributed by atoms with E-state index in [9.17, 15) is 13.2 Å². The molecule has 2 nitrogen and oxygen atoms in total. The largest absolute Gasteiger partial charge is 0.390 e. The summed E-state index contributed by atoms with van der Waals surface area (Å²) in [5.74, 6) is 0.558. The fourth-order valence-corrected chi connectivity index (χ4v) is 3.35. The molecule has 0 amide bonds. The Morgan fingerprint density at radius 3 is 2.47 bits per heavy atom. The molecule has 1 rings (SSSR count). The molecule has 2 N–H and O–H groups in total. The minimum atomic E-state index is -4.08. The van der Waals surface area contributed by atoms with Crippen LogP contribution in [0.2, 0.25) is 0 Å². The Hall–Kier alpha value is -0.290. The lowest BCUT2D eigenvalue weighted by Crippen LogP contribution is -2.57. The zero-order valence-electron chi connectivity index (χ0n) is 12.1. The van der Waals surface area contributed by atoms with Gasteiger partial charge in [-0.15, -0.1) is 0 Å². The second-order valence-electron chi connectivity index (χ2n) is 5.98. The summed E-state index contributed by atoms with van der Waals surface area (Å²) in [5.41, 5.74) is 5.74. The summed E-state index contributed by atoms with van der Waals surface area (Å²) in [4.78, 5) is 2.01. The van der Waals surface area contributed by atoms with Crippen molar-refractivity contribution in [3.8, 4) is 0 Å². The molecule has 1 aliphatic carbocycles. The Balaban J connectivity index is 2.75. The third kappa shape index (κ3) is 4.95. The van der Waals surface area contributed by atoms with Crippen molar-refractivity contribution in [1.82, 2.24) is 4.90 Å². The molecular formula is C14H27F3N2. The highest BCUT2D eigenvalue weighted by Gasteiger charge is 2.40. The maximum atomic E-state index is 12.5. The van der Waals surface area contributed by atoms with Crippen LogP contribution >= 0.6 is 0 Å². The molecule has 114 valence electrons. The lowest BCUT2D eigenvalue weighted by Gasteiger charge is -2.48. The molecule has 19 heavy (non-hydrogen) atoms. The summed E-state index contributed by atoms with van der Waals surface area (Å²) in [6.07, 6.45) is 0.165. The quantitative estimate of drug-likeness (QED) is 0.806. The van der Waals surface area contributed by atoms with Gasteiger partial charge in [0.2, 0.25) is 0 Å². The van der Waals surface area contributed by atoms with Crippen molar-refractivity contribution in [1.29, 1.82) is 0 Å². The van der Waals surface area contributed by atoms with Crippen molar-refractivity contribution in [2.75, 3.05) is 19.6 Å². The first-order valence-corrected chi connectivity index (χ1v) is 7.35. The monoisotopic (exact) mass is 280 g/mol. The van der Waals surface area contributed by atoms with Gasteiger partial charge in [-0.05, 0) is 31.7 Å². The molecule has 0 aromatic heterocycles. The van der Waals surface area contributed by atoms with E-state index in [2.05, 4.69) is 6.92 Å². The van der Waals surface area contributed by atoms with Crippen LogP contribution in [0, 0.1) is 5.92 Å². The molecule has 0 aromatic rings. The van der Waals surface area contributed by atoms with Crippen LogP contribution in [0.5, 0.6) is 0 Å². The van der Waals surface area contributed by atoms with Gasteiger partial charge in [0, 0.05) is 18.6 Å². The number of hydrogen-bond donors (Lipinski definition) is 1. The van der Waals surface area contributed by atoms with Crippen molar-refractivity contribution in [2.24, 2.45) is 11.7 Å². The van der Waals surface area contributed by atoms with Crippen LogP contribution in [-0.2, 0) is 0 Å². The molecule has 0 aliphatic heterocycles. The normalized spacial score (nSPS) is 28.9. The maximum absolute atomic E-state index is 12.5. The summed E-state index contributed by atoms with van der Waals surface area (Å²) >= 11 is 0. The number of halogens is 3. The molecule has 1 aliphatic rings. The molecule has 0 saturated heterocycles. The van der Waals surface area contributed by atoms with Gasteiger partial charge in [0.15, 0.2) is 0 Å². The average Bonchev–Trinajstić information content (AvgIpc) is 2.33. The maximum Gasteiger partial charge on any atom is 0.390 e. The molecule has 0 aromatic carbocycles. The van der Waals surface area contributed by atoms with Gasteiger partial charge >= 0.3 is 6.18 Å². The summed E-state index contributed by atoms with van der Waals surface area (Å²) in [5, 5.41) is 0. The first kappa shape index (κ1) is 16.8. The lowest BCUT2D eigenvalue weighted by molar-refractivity contribution is -0.142. The number of rotatable bonds is 6. The molecule has 1 saturated carbocycles. The zero-order chi connectivity index (χ0) is 14.5. The average molecular weight is 280 g/mol. The van der Waals surface area contributed by atoms with E-state index in [0.717, 1.165) is 25.7 Å². The standard InChI is InChI=1S/C14H27F3N2/c1-3-8-19(9-7-14(15,16)17)13(11-18)6-4-5-12(2)10-13/h12H,3-11,18H2,1-2H3. The van der Waals surface area contributed by atoms with Crippen LogP contribution in [0.25, 0.3) is 0 Å². The highest BCUT2D eigenvalue weighted by molar-refractivity contribution is 4.96. The van der Waals surface area contributed by atoms with Crippen molar-refractivity contribution in [3.05, 3.63) is 0 Å². The number of nitrogens with two attached hydrogens (primary N) is 1. The predicted molar refractivity (Wildman–Crippen MR) is 72.0 cm³/mol. The second kappa shape index (κ2) is 6.93. The Labute approximate surface area is 114 Å². The van der Waals surface area contributed by atoms with E-state index in [0.29, 0.717) is 19.0 Å². The van der Waals surface area contributed by atoms with Crippen molar-refractivity contribution in [2.45, 2.75) is 64.1 Å². The SMILES string of the molecule is CCCN(CCC(F)(F)F)C1(CN)CCCC(C)C1. The minimum absolute atomic E-state index is 0.0846. The van der Waals surface area contributed by atoms with Gasteiger partial charge in [0.1, 0.15) is 0 Å². The van der Waals surface area contributed by atoms with E-state index in [4.69, 9.17) is 5.73 Å². The molecule has 2 atom stereocenters. The van der Waals surface area contributed by atoms with Crippen LogP contribution < -0.4 is 5.73 Å². The van der Waals surface area contributed by atoms with E-state index < -0.39 is 12.6 Å². The smallest absolute Gasteiger partial charge is 0.329 e. The highest BCUT2D eigenvalue weighted by atomic mass is 19.4. The highest BCUT2D eigenvalue weighted by Crippen LogP contribution is 2.37. The number of alkyl halides is 3. The van der Waals surface area contributed by atoms with Gasteiger partial charge < -0.3 is 5.73 Å². The third-order valence-corrected chi connectivity index (χ3v) is 4.28. The summed E-state index contributed by atoms with van der Waals surface area (Å²) in [7, 11) is 0. The first-order chi connectivity index (χ1) is 8.83. The third-order valence-electron chi connectivity index (χ3n) is 4.28. The van der Waals surface area contributed by atoms with E-state index in [-0.39, 0.29) is 12.1 Å². The van der Waals surface area contributed by atoms with E-state index >= 15 is 0 Å². The topological polar surface area (TPSA) is 29.3 Å². The first-order valence-electron chi connectivity index (χ1n) is 7.35. The molecule has 0 radical (unpaired) electrons. The fourth-order valence-electron chi connectivity index (χ4n) is 3.35. The lowest BCUT2D eigenvalue weighted by atomic mass is 9.75. The Morgan fingerprint density at radius 2 is 2.00 bits per heavy atom. The van der Waals surface area contributed by atoms with Crippen LogP contribution in [0.4, 0.5) is 13.2 Å². The zero-order valence-corrected chi connectivity index (χ0v) is 12.1. The number of hydrogen-bond acceptors (Lipinski definition) is 2. The van der Waals surface area contributed by atoms with Crippen LogP contribution in [0.15, 0.2) is 0 Å². The molecule has 0 spiro atoms. The van der Waals surface area contributed by atoms with Crippen molar-refractivity contribution < 1.29 is 13.2 Å². The van der Waals surface area contributed by atoms with Crippen LogP contribution in [0.1, 0.15) is 52.4 Å². The fraction of sp³-hybridized carbons (Fsp3) is 1.00. The van der Waals surface area contributed by atoms with E-state index in [1.165, 1.54) is 6.42 Å². The Morgan fingerprint density at radius 1 is 1.32 bits per heavy atom. The van der Waals surface area contributed by atoms with E-state index in [1.807, 2.05) is 11.8 Å². The number of nitrogens with zero attached hydrogens (tertiary/aromatic N) is 1. The minimum Gasteiger partial charge on any atom is -0.329 e. The Kier molecular flexibility index (Phi) is 6.12. The second-order valence-corrected chi connectivity index (χ2v) is 5.98. The van der Waals surface area contributed by atoms with Gasteiger partial charge in [0.05, 0.1) is 6.42 Å². The molecule has 5 heteroatoms. The van der Waals surface area contributed by atoms with Crippen molar-refractivity contribution in [3.63, 3.8) is 0 Å². The summed E-state index contributed by atoms with van der Waals surface area (Å²) < 4.78 is 37.4. The van der Waals surface area contributed by atoms with Crippen LogP contribution in [-0.4, -0.2) is 36.2 Å².